The Bertz CT molecular complexity index is 3040. The lowest BCUT2D eigenvalue weighted by molar-refractivity contribution is -0.130. The number of hydrogen-bond donors (Lipinski definition) is 11. The lowest BCUT2D eigenvalue weighted by atomic mass is 9.78. The third-order valence-corrected chi connectivity index (χ3v) is 9.92. The van der Waals surface area contributed by atoms with Crippen LogP contribution in [0.4, 0.5) is 0 Å². The maximum atomic E-state index is 14.4. The molecule has 18 nitrogen and oxygen atoms in total. The molecule has 0 atom stereocenters. The van der Waals surface area contributed by atoms with Gasteiger partial charge in [-0.25, -0.2) is 14.4 Å². The first-order chi connectivity index (χ1) is 26.0. The summed E-state index contributed by atoms with van der Waals surface area (Å²) in [5, 5.41) is 75.7. The number of hydrogen-bond acceptors (Lipinski definition) is 11. The average Bonchev–Trinajstić information content (AvgIpc) is 3.96. The number of allylic oxidation sites excluding steroid dienone is 3. The molecule has 3 aliphatic carbocycles. The van der Waals surface area contributed by atoms with E-state index >= 15 is 0 Å². The number of aliphatic hydroxyl groups is 2. The van der Waals surface area contributed by atoms with Crippen LogP contribution in [-0.2, 0) is 19.2 Å². The van der Waals surface area contributed by atoms with Gasteiger partial charge in [-0.2, -0.15) is 0 Å². The summed E-state index contributed by atoms with van der Waals surface area (Å²) in [6.07, 6.45) is 1.41. The predicted molar refractivity (Wildman–Crippen MR) is 186 cm³/mol. The van der Waals surface area contributed by atoms with Crippen LogP contribution in [0.25, 0.3) is 44.3 Å². The summed E-state index contributed by atoms with van der Waals surface area (Å²) >= 11 is 0. The number of carboxylic acid groups (broad SMARTS) is 3. The molecule has 0 spiro atoms. The van der Waals surface area contributed by atoms with Gasteiger partial charge in [0.25, 0.3) is 0 Å². The van der Waals surface area contributed by atoms with Crippen LogP contribution in [0.1, 0.15) is 79.0 Å². The standard InChI is InChI=1S/C37H22N4O14/c1-8-23-10(3-4-38-23)17(29(44)27(8)42)19-12-6-15(36(52)53)40-25(12)21(33(48)31(19)46)22-26-13(7-16(41-26)37(54)55)20(32(47)34(22)49)18-11-5-14(35(50)51)39-24(11)9(2)28(43)30(18)45/h3-7,38-41,43,46,48-49H,1-2H3,(H,50,51)(H,52,53)(H,54,55)/b20-18-. The van der Waals surface area contributed by atoms with E-state index in [0.29, 0.717) is 0 Å². The smallest absolute Gasteiger partial charge is 0.352 e. The van der Waals surface area contributed by atoms with Crippen LogP contribution in [0.5, 0.6) is 11.5 Å². The number of aromatic carboxylic acids is 3. The lowest BCUT2D eigenvalue weighted by Crippen LogP contribution is -2.39. The molecule has 4 aromatic heterocycles. The second kappa shape index (κ2) is 11.2. The molecule has 0 radical (unpaired) electrons. The van der Waals surface area contributed by atoms with Crippen LogP contribution in [0.3, 0.4) is 0 Å². The van der Waals surface area contributed by atoms with Crippen LogP contribution >= 0.6 is 0 Å². The fraction of sp³-hybridized carbons (Fsp3) is 0.0541. The van der Waals surface area contributed by atoms with Gasteiger partial charge in [0.05, 0.1) is 33.4 Å². The number of fused-ring (bicyclic) bond motifs is 4. The topological polar surface area (TPSA) is 324 Å². The Morgan fingerprint density at radius 2 is 1.09 bits per heavy atom. The van der Waals surface area contributed by atoms with Gasteiger partial charge in [0.1, 0.15) is 17.1 Å². The first kappa shape index (κ1) is 34.0. The van der Waals surface area contributed by atoms with Gasteiger partial charge in [-0.1, -0.05) is 0 Å². The van der Waals surface area contributed by atoms with E-state index in [1.807, 2.05) is 0 Å². The third kappa shape index (κ3) is 4.38. The molecule has 0 bridgehead atoms. The molecule has 0 saturated heterocycles. The first-order valence-electron chi connectivity index (χ1n) is 15.9. The van der Waals surface area contributed by atoms with E-state index in [2.05, 4.69) is 19.9 Å². The molecule has 274 valence electrons. The number of aromatic hydroxyl groups is 2. The molecule has 0 amide bonds. The average molecular weight is 747 g/mol. The van der Waals surface area contributed by atoms with Crippen LogP contribution in [0.2, 0.25) is 0 Å². The molecule has 0 saturated carbocycles. The fourth-order valence-corrected chi connectivity index (χ4v) is 7.37. The highest BCUT2D eigenvalue weighted by molar-refractivity contribution is 6.64. The molecule has 8 rings (SSSR count). The zero-order chi connectivity index (χ0) is 39.7. The van der Waals surface area contributed by atoms with E-state index in [4.69, 9.17) is 0 Å². The van der Waals surface area contributed by atoms with Gasteiger partial charge >= 0.3 is 17.9 Å². The van der Waals surface area contributed by atoms with E-state index in [1.54, 1.807) is 0 Å². The van der Waals surface area contributed by atoms with Gasteiger partial charge in [0.15, 0.2) is 23.0 Å². The van der Waals surface area contributed by atoms with Crippen LogP contribution < -0.4 is 10.6 Å². The zero-order valence-electron chi connectivity index (χ0n) is 27.9. The van der Waals surface area contributed by atoms with Crippen LogP contribution in [0.15, 0.2) is 42.0 Å². The van der Waals surface area contributed by atoms with Gasteiger partial charge in [-0.05, 0) is 38.1 Å². The van der Waals surface area contributed by atoms with E-state index < -0.39 is 131 Å². The van der Waals surface area contributed by atoms with Crippen molar-refractivity contribution >= 4 is 85.4 Å². The molecule has 18 heteroatoms. The summed E-state index contributed by atoms with van der Waals surface area (Å²) in [6, 6.07) is 4.29. The molecule has 0 unspecified atom stereocenters. The highest BCUT2D eigenvalue weighted by Gasteiger charge is 2.43. The van der Waals surface area contributed by atoms with Crippen molar-refractivity contribution in [3.8, 4) is 11.5 Å². The first-order valence-corrected chi connectivity index (χ1v) is 15.9. The van der Waals surface area contributed by atoms with Gasteiger partial charge < -0.3 is 55.7 Å². The number of phenols is 2. The van der Waals surface area contributed by atoms with Crippen molar-refractivity contribution in [2.45, 2.75) is 13.8 Å². The van der Waals surface area contributed by atoms with E-state index in [-0.39, 0.29) is 38.4 Å². The quantitative estimate of drug-likeness (QED) is 0.0695. The fourth-order valence-electron chi connectivity index (χ4n) is 7.37. The molecular formula is C37H22N4O14. The monoisotopic (exact) mass is 746 g/mol. The van der Waals surface area contributed by atoms with Crippen molar-refractivity contribution in [1.82, 2.24) is 19.9 Å². The molecule has 55 heavy (non-hydrogen) atoms. The number of H-pyrrole nitrogens is 4. The SMILES string of the molecule is CC1=C(O)C(=O)/C(=C2\C(=O)C(O)=C(c3c(O)c(O)c(C4=c5cc[nH]c5=C(C)C(=O)C4=O)c4cc(C(=O)O)[nH]c34)c3[nH]c(C(=O)O)cc32)c2cc(C(=O)O)[nH]c21. The molecular weight excluding hydrogens is 724 g/mol. The Kier molecular flexibility index (Phi) is 6.90. The van der Waals surface area contributed by atoms with Crippen molar-refractivity contribution in [1.29, 1.82) is 0 Å². The number of carbonyl (C=O) groups is 7. The molecule has 1 aromatic carbocycles. The van der Waals surface area contributed by atoms with Gasteiger partial charge in [0, 0.05) is 61.4 Å². The number of ketones is 4. The number of phenolic OH excluding ortho intramolecular Hbond substituents is 2. The Morgan fingerprint density at radius 1 is 0.564 bits per heavy atom. The Hall–Kier alpha value is -8.15. The summed E-state index contributed by atoms with van der Waals surface area (Å²) in [5.74, 6) is -13.8. The van der Waals surface area contributed by atoms with Crippen molar-refractivity contribution in [2.24, 2.45) is 0 Å². The summed E-state index contributed by atoms with van der Waals surface area (Å²) < 4.78 is 0. The second-order valence-corrected chi connectivity index (χ2v) is 12.8. The number of Topliss-reactive ketones (excluding diaryl/α,β-unsaturated/α-hetero) is 4. The molecule has 0 aliphatic heterocycles. The summed E-state index contributed by atoms with van der Waals surface area (Å²) in [5.41, 5.74) is -6.86. The Balaban J connectivity index is 1.50. The minimum absolute atomic E-state index is 0.0428. The maximum Gasteiger partial charge on any atom is 0.352 e. The normalized spacial score (nSPS) is 17.0. The largest absolute Gasteiger partial charge is 0.504 e. The second-order valence-electron chi connectivity index (χ2n) is 12.8. The number of aliphatic hydroxyl groups excluding tert-OH is 2. The van der Waals surface area contributed by atoms with Crippen molar-refractivity contribution in [3.63, 3.8) is 0 Å². The van der Waals surface area contributed by atoms with E-state index in [9.17, 15) is 69.3 Å². The van der Waals surface area contributed by atoms with Crippen molar-refractivity contribution < 1.29 is 69.3 Å². The number of carboxylic acids is 3. The Morgan fingerprint density at radius 3 is 1.69 bits per heavy atom. The number of nitrogens with one attached hydrogen (secondary N) is 4. The van der Waals surface area contributed by atoms with E-state index in [1.165, 1.54) is 26.1 Å². The van der Waals surface area contributed by atoms with Crippen molar-refractivity contribution in [3.05, 3.63) is 103 Å². The number of rotatable bonds is 5. The zero-order valence-corrected chi connectivity index (χ0v) is 27.9. The summed E-state index contributed by atoms with van der Waals surface area (Å²) in [4.78, 5) is 102. The van der Waals surface area contributed by atoms with Gasteiger partial charge in [0.2, 0.25) is 23.1 Å². The van der Waals surface area contributed by atoms with Crippen LogP contribution in [0, 0.1) is 0 Å². The van der Waals surface area contributed by atoms with Gasteiger partial charge in [-0.3, -0.25) is 19.2 Å². The van der Waals surface area contributed by atoms with E-state index in [0.717, 1.165) is 18.2 Å². The number of aromatic amines is 4. The number of benzene rings is 1. The lowest BCUT2D eigenvalue weighted by Gasteiger charge is -2.25. The predicted octanol–water partition coefficient (Wildman–Crippen LogP) is 1.86. The highest BCUT2D eigenvalue weighted by atomic mass is 16.4. The minimum Gasteiger partial charge on any atom is -0.504 e. The summed E-state index contributed by atoms with van der Waals surface area (Å²) in [7, 11) is 0. The highest BCUT2D eigenvalue weighted by Crippen LogP contribution is 2.52. The third-order valence-electron chi connectivity index (χ3n) is 9.92. The maximum absolute atomic E-state index is 14.4. The van der Waals surface area contributed by atoms with Gasteiger partial charge in [-0.15, -0.1) is 0 Å². The molecule has 5 aromatic rings. The summed E-state index contributed by atoms with van der Waals surface area (Å²) in [6.45, 7) is 2.69. The molecule has 0 fully saturated rings. The number of aromatic nitrogens is 4. The molecule has 11 N–H and O–H groups in total. The molecule has 4 heterocycles. The van der Waals surface area contributed by atoms with Crippen LogP contribution in [-0.4, -0.2) is 96.7 Å². The number of carbonyl (C=O) groups excluding carboxylic acids is 4. The molecule has 3 aliphatic rings. The Labute approximate surface area is 303 Å². The minimum atomic E-state index is -1.61. The van der Waals surface area contributed by atoms with Crippen molar-refractivity contribution in [2.75, 3.05) is 0 Å².